The Morgan fingerprint density at radius 1 is 1.33 bits per heavy atom. The van der Waals surface area contributed by atoms with Gasteiger partial charge in [-0.15, -0.1) is 0 Å². The van der Waals surface area contributed by atoms with Crippen LogP contribution >= 0.6 is 0 Å². The molecule has 0 radical (unpaired) electrons. The largest absolute Gasteiger partial charge is 0.391 e. The van der Waals surface area contributed by atoms with E-state index in [1.54, 1.807) is 12.5 Å². The monoisotopic (exact) mass is 244 g/mol. The van der Waals surface area contributed by atoms with Gasteiger partial charge >= 0.3 is 0 Å². The molecule has 0 saturated heterocycles. The maximum atomic E-state index is 9.88. The zero-order chi connectivity index (χ0) is 13.0. The number of aryl methyl sites for hydroxylation is 2. The quantitative estimate of drug-likeness (QED) is 0.878. The van der Waals surface area contributed by atoms with E-state index in [0.717, 1.165) is 12.8 Å². The van der Waals surface area contributed by atoms with E-state index >= 15 is 0 Å². The second-order valence-electron chi connectivity index (χ2n) is 4.78. The molecule has 0 aliphatic heterocycles. The van der Waals surface area contributed by atoms with E-state index in [9.17, 15) is 5.11 Å². The highest BCUT2D eigenvalue weighted by Crippen LogP contribution is 2.20. The van der Waals surface area contributed by atoms with Crippen molar-refractivity contribution in [2.75, 3.05) is 0 Å². The maximum Gasteiger partial charge on any atom is 0.0949 e. The first-order valence-electron chi connectivity index (χ1n) is 6.38. The fourth-order valence-corrected chi connectivity index (χ4v) is 2.30. The fraction of sp³-hybridized carbons (Fsp3) is 0.400. The van der Waals surface area contributed by atoms with Crippen LogP contribution in [0.1, 0.15) is 30.5 Å². The molecule has 0 bridgehead atoms. The standard InChI is InChI=1S/C15H20N2O/c1-12-5-3-4-6-14(12)7-8-15(13(2)18)17-10-9-16-11-17/h3-6,9-11,13,15,18H,7-8H2,1-2H3/t13-,15+/m0/s1. The van der Waals surface area contributed by atoms with Gasteiger partial charge in [0.2, 0.25) is 0 Å². The van der Waals surface area contributed by atoms with Crippen molar-refractivity contribution in [1.29, 1.82) is 0 Å². The molecule has 0 amide bonds. The Morgan fingerprint density at radius 2 is 2.11 bits per heavy atom. The van der Waals surface area contributed by atoms with Gasteiger partial charge in [-0.25, -0.2) is 4.98 Å². The summed E-state index contributed by atoms with van der Waals surface area (Å²) < 4.78 is 1.99. The molecule has 1 N–H and O–H groups in total. The third kappa shape index (κ3) is 2.99. The lowest BCUT2D eigenvalue weighted by molar-refractivity contribution is 0.124. The first kappa shape index (κ1) is 12.8. The summed E-state index contributed by atoms with van der Waals surface area (Å²) in [5.41, 5.74) is 2.66. The van der Waals surface area contributed by atoms with Crippen LogP contribution in [-0.2, 0) is 6.42 Å². The van der Waals surface area contributed by atoms with E-state index in [1.807, 2.05) is 17.7 Å². The van der Waals surface area contributed by atoms with Crippen LogP contribution in [0.3, 0.4) is 0 Å². The Kier molecular flexibility index (Phi) is 4.15. The lowest BCUT2D eigenvalue weighted by Gasteiger charge is -2.21. The van der Waals surface area contributed by atoms with Gasteiger partial charge in [0.1, 0.15) is 0 Å². The zero-order valence-electron chi connectivity index (χ0n) is 11.0. The van der Waals surface area contributed by atoms with E-state index in [2.05, 4.69) is 36.2 Å². The van der Waals surface area contributed by atoms with Crippen molar-refractivity contribution in [1.82, 2.24) is 9.55 Å². The Balaban J connectivity index is 2.05. The first-order valence-corrected chi connectivity index (χ1v) is 6.38. The number of aromatic nitrogens is 2. The number of hydrogen-bond acceptors (Lipinski definition) is 2. The average molecular weight is 244 g/mol. The van der Waals surface area contributed by atoms with Crippen molar-refractivity contribution in [3.8, 4) is 0 Å². The Morgan fingerprint density at radius 3 is 2.72 bits per heavy atom. The van der Waals surface area contributed by atoms with Crippen LogP contribution in [-0.4, -0.2) is 20.8 Å². The molecule has 0 spiro atoms. The van der Waals surface area contributed by atoms with Crippen LogP contribution in [0.25, 0.3) is 0 Å². The SMILES string of the molecule is Cc1ccccc1CC[C@H]([C@H](C)O)n1ccnc1. The molecule has 96 valence electrons. The Labute approximate surface area is 108 Å². The van der Waals surface area contributed by atoms with Crippen LogP contribution in [0, 0.1) is 6.92 Å². The van der Waals surface area contributed by atoms with E-state index < -0.39 is 0 Å². The molecule has 0 unspecified atom stereocenters. The molecule has 0 saturated carbocycles. The lowest BCUT2D eigenvalue weighted by Crippen LogP contribution is -2.21. The van der Waals surface area contributed by atoms with E-state index in [1.165, 1.54) is 11.1 Å². The van der Waals surface area contributed by atoms with Crippen molar-refractivity contribution < 1.29 is 5.11 Å². The van der Waals surface area contributed by atoms with E-state index in [4.69, 9.17) is 0 Å². The third-order valence-electron chi connectivity index (χ3n) is 3.44. The molecule has 18 heavy (non-hydrogen) atoms. The van der Waals surface area contributed by atoms with Crippen molar-refractivity contribution >= 4 is 0 Å². The average Bonchev–Trinajstić information content (AvgIpc) is 2.85. The number of aliphatic hydroxyl groups excluding tert-OH is 1. The van der Waals surface area contributed by atoms with Crippen molar-refractivity contribution in [2.24, 2.45) is 0 Å². The van der Waals surface area contributed by atoms with E-state index in [0.29, 0.717) is 0 Å². The first-order chi connectivity index (χ1) is 8.68. The number of imidazole rings is 1. The lowest BCUT2D eigenvalue weighted by atomic mass is 9.99. The molecule has 2 aromatic rings. The Bertz CT molecular complexity index is 477. The maximum absolute atomic E-state index is 9.88. The van der Waals surface area contributed by atoms with Gasteiger partial charge in [-0.3, -0.25) is 0 Å². The molecule has 3 heteroatoms. The summed E-state index contributed by atoms with van der Waals surface area (Å²) in [4.78, 5) is 4.05. The summed E-state index contributed by atoms with van der Waals surface area (Å²) in [7, 11) is 0. The van der Waals surface area contributed by atoms with Gasteiger partial charge in [-0.05, 0) is 37.8 Å². The molecule has 0 aliphatic rings. The third-order valence-corrected chi connectivity index (χ3v) is 3.44. The van der Waals surface area contributed by atoms with E-state index in [-0.39, 0.29) is 12.1 Å². The minimum absolute atomic E-state index is 0.0899. The highest BCUT2D eigenvalue weighted by molar-refractivity contribution is 5.25. The van der Waals surface area contributed by atoms with Gasteiger partial charge in [0.15, 0.2) is 0 Å². The molecule has 2 rings (SSSR count). The minimum Gasteiger partial charge on any atom is -0.391 e. The molecule has 2 atom stereocenters. The molecular weight excluding hydrogens is 224 g/mol. The van der Waals surface area contributed by atoms with Gasteiger partial charge in [0.25, 0.3) is 0 Å². The fourth-order valence-electron chi connectivity index (χ4n) is 2.30. The summed E-state index contributed by atoms with van der Waals surface area (Å²) in [5, 5.41) is 9.88. The van der Waals surface area contributed by atoms with Gasteiger partial charge in [-0.2, -0.15) is 0 Å². The smallest absolute Gasteiger partial charge is 0.0949 e. The second kappa shape index (κ2) is 5.83. The number of benzene rings is 1. The van der Waals surface area contributed by atoms with Crippen molar-refractivity contribution in [2.45, 2.75) is 38.8 Å². The summed E-state index contributed by atoms with van der Waals surface area (Å²) in [6.45, 7) is 3.96. The number of nitrogens with zero attached hydrogens (tertiary/aromatic N) is 2. The molecule has 0 aliphatic carbocycles. The Hall–Kier alpha value is -1.61. The minimum atomic E-state index is -0.372. The zero-order valence-corrected chi connectivity index (χ0v) is 11.0. The number of hydrogen-bond donors (Lipinski definition) is 1. The van der Waals surface area contributed by atoms with Crippen LogP contribution < -0.4 is 0 Å². The summed E-state index contributed by atoms with van der Waals surface area (Å²) in [5.74, 6) is 0. The predicted octanol–water partition coefficient (Wildman–Crippen LogP) is 2.75. The number of rotatable bonds is 5. The summed E-state index contributed by atoms with van der Waals surface area (Å²) in [6, 6.07) is 8.50. The van der Waals surface area contributed by atoms with Crippen LogP contribution in [0.2, 0.25) is 0 Å². The van der Waals surface area contributed by atoms with Gasteiger partial charge in [0, 0.05) is 12.4 Å². The molecular formula is C15H20N2O. The van der Waals surface area contributed by atoms with Crippen molar-refractivity contribution in [3.63, 3.8) is 0 Å². The molecule has 1 heterocycles. The predicted molar refractivity (Wildman–Crippen MR) is 72.4 cm³/mol. The highest BCUT2D eigenvalue weighted by Gasteiger charge is 2.16. The molecule has 1 aromatic carbocycles. The van der Waals surface area contributed by atoms with Crippen LogP contribution in [0.4, 0.5) is 0 Å². The summed E-state index contributed by atoms with van der Waals surface area (Å²) in [6.07, 6.45) is 6.95. The topological polar surface area (TPSA) is 38.0 Å². The van der Waals surface area contributed by atoms with Crippen LogP contribution in [0.5, 0.6) is 0 Å². The van der Waals surface area contributed by atoms with Crippen molar-refractivity contribution in [3.05, 3.63) is 54.1 Å². The molecule has 3 nitrogen and oxygen atoms in total. The van der Waals surface area contributed by atoms with Crippen LogP contribution in [0.15, 0.2) is 43.0 Å². The summed E-state index contributed by atoms with van der Waals surface area (Å²) >= 11 is 0. The molecule has 0 fully saturated rings. The van der Waals surface area contributed by atoms with Gasteiger partial charge in [-0.1, -0.05) is 24.3 Å². The normalized spacial score (nSPS) is 14.4. The van der Waals surface area contributed by atoms with Gasteiger partial charge < -0.3 is 9.67 Å². The van der Waals surface area contributed by atoms with Gasteiger partial charge in [0.05, 0.1) is 18.5 Å². The highest BCUT2D eigenvalue weighted by atomic mass is 16.3. The second-order valence-corrected chi connectivity index (χ2v) is 4.78. The number of aliphatic hydroxyl groups is 1. The molecule has 1 aromatic heterocycles.